The van der Waals surface area contributed by atoms with Gasteiger partial charge in [0.2, 0.25) is 0 Å². The maximum Gasteiger partial charge on any atom is 0.416 e. The van der Waals surface area contributed by atoms with E-state index in [0.29, 0.717) is 6.42 Å². The van der Waals surface area contributed by atoms with Gasteiger partial charge in [-0.2, -0.15) is 13.2 Å². The van der Waals surface area contributed by atoms with Crippen LogP contribution in [0.2, 0.25) is 0 Å². The van der Waals surface area contributed by atoms with Crippen LogP contribution in [0.15, 0.2) is 23.8 Å². The van der Waals surface area contributed by atoms with Crippen LogP contribution < -0.4 is 0 Å². The van der Waals surface area contributed by atoms with Crippen molar-refractivity contribution >= 4 is 0 Å². The van der Waals surface area contributed by atoms with Crippen LogP contribution in [-0.2, 0) is 0 Å². The molecule has 0 heterocycles. The van der Waals surface area contributed by atoms with Gasteiger partial charge in [0.25, 0.3) is 0 Å². The molecule has 0 spiro atoms. The van der Waals surface area contributed by atoms with Crippen LogP contribution in [0.5, 0.6) is 0 Å². The van der Waals surface area contributed by atoms with E-state index in [4.69, 9.17) is 5.11 Å². The van der Waals surface area contributed by atoms with Gasteiger partial charge in [-0.1, -0.05) is 25.2 Å². The molecule has 1 N–H and O–H groups in total. The van der Waals surface area contributed by atoms with E-state index in [0.717, 1.165) is 18.2 Å². The fourth-order valence-corrected chi connectivity index (χ4v) is 0.741. The standard InChI is InChI=1S/C9H13F3O/c1-3-4-8(9(10,11)12)6-5-7(2)13/h4-7,13H,3H2,1-2H3/b6-5-,8-4+. The second kappa shape index (κ2) is 5.07. The fraction of sp³-hybridized carbons (Fsp3) is 0.556. The van der Waals surface area contributed by atoms with Crippen molar-refractivity contribution in [1.82, 2.24) is 0 Å². The maximum absolute atomic E-state index is 12.2. The first-order valence-electron chi connectivity index (χ1n) is 4.01. The van der Waals surface area contributed by atoms with Crippen molar-refractivity contribution in [2.45, 2.75) is 32.5 Å². The first-order chi connectivity index (χ1) is 5.88. The largest absolute Gasteiger partial charge is 0.416 e. The fourth-order valence-electron chi connectivity index (χ4n) is 0.741. The van der Waals surface area contributed by atoms with Crippen molar-refractivity contribution in [3.05, 3.63) is 23.8 Å². The molecule has 0 aliphatic carbocycles. The lowest BCUT2D eigenvalue weighted by atomic mass is 10.2. The van der Waals surface area contributed by atoms with E-state index in [1.807, 2.05) is 0 Å². The Hall–Kier alpha value is -0.770. The van der Waals surface area contributed by atoms with Crippen LogP contribution in [0.1, 0.15) is 20.3 Å². The zero-order valence-electron chi connectivity index (χ0n) is 7.60. The van der Waals surface area contributed by atoms with Crippen LogP contribution in [-0.4, -0.2) is 17.4 Å². The molecule has 0 bridgehead atoms. The second-order valence-electron chi connectivity index (χ2n) is 2.67. The summed E-state index contributed by atoms with van der Waals surface area (Å²) in [5.41, 5.74) is -0.712. The molecule has 76 valence electrons. The van der Waals surface area contributed by atoms with E-state index in [1.54, 1.807) is 6.92 Å². The van der Waals surface area contributed by atoms with Gasteiger partial charge in [0.15, 0.2) is 0 Å². The van der Waals surface area contributed by atoms with Gasteiger partial charge in [0.05, 0.1) is 11.7 Å². The summed E-state index contributed by atoms with van der Waals surface area (Å²) in [6.45, 7) is 3.03. The first-order valence-corrected chi connectivity index (χ1v) is 4.01. The Kier molecular flexibility index (Phi) is 4.77. The third kappa shape index (κ3) is 5.47. The molecule has 0 rings (SSSR count). The molecule has 0 saturated carbocycles. The van der Waals surface area contributed by atoms with E-state index in [-0.39, 0.29) is 0 Å². The number of aliphatic hydroxyl groups excluding tert-OH is 1. The SMILES string of the molecule is CC/C=C(\C=C/C(C)O)C(F)(F)F. The normalized spacial score (nSPS) is 16.6. The van der Waals surface area contributed by atoms with Crippen LogP contribution >= 0.6 is 0 Å². The van der Waals surface area contributed by atoms with Gasteiger partial charge < -0.3 is 5.11 Å². The number of alkyl halides is 3. The van der Waals surface area contributed by atoms with Crippen LogP contribution in [0.4, 0.5) is 13.2 Å². The molecule has 0 aromatic carbocycles. The van der Waals surface area contributed by atoms with Crippen molar-refractivity contribution in [2.24, 2.45) is 0 Å². The predicted molar refractivity (Wildman–Crippen MR) is 45.2 cm³/mol. The van der Waals surface area contributed by atoms with E-state index < -0.39 is 17.9 Å². The molecule has 4 heteroatoms. The Labute approximate surface area is 75.6 Å². The van der Waals surface area contributed by atoms with Crippen LogP contribution in [0.25, 0.3) is 0 Å². The van der Waals surface area contributed by atoms with Crippen LogP contribution in [0.3, 0.4) is 0 Å². The number of hydrogen-bond acceptors (Lipinski definition) is 1. The number of rotatable bonds is 3. The molecule has 0 saturated heterocycles. The molecule has 0 aromatic heterocycles. The summed E-state index contributed by atoms with van der Waals surface area (Å²) in [6.07, 6.45) is -1.79. The van der Waals surface area contributed by atoms with Gasteiger partial charge in [-0.3, -0.25) is 0 Å². The number of allylic oxidation sites excluding steroid dienone is 3. The zero-order chi connectivity index (χ0) is 10.5. The minimum absolute atomic E-state index is 0.318. The van der Waals surface area contributed by atoms with Gasteiger partial charge >= 0.3 is 6.18 Å². The van der Waals surface area contributed by atoms with E-state index in [2.05, 4.69) is 0 Å². The van der Waals surface area contributed by atoms with Gasteiger partial charge in [-0.15, -0.1) is 0 Å². The van der Waals surface area contributed by atoms with E-state index in [9.17, 15) is 13.2 Å². The van der Waals surface area contributed by atoms with Gasteiger partial charge in [0.1, 0.15) is 0 Å². The average Bonchev–Trinajstić information content (AvgIpc) is 1.95. The molecule has 0 fully saturated rings. The summed E-state index contributed by atoms with van der Waals surface area (Å²) < 4.78 is 36.5. The number of halogens is 3. The lowest BCUT2D eigenvalue weighted by molar-refractivity contribution is -0.0884. The summed E-state index contributed by atoms with van der Waals surface area (Å²) in [7, 11) is 0. The van der Waals surface area contributed by atoms with Gasteiger partial charge in [-0.25, -0.2) is 0 Å². The minimum atomic E-state index is -4.33. The van der Waals surface area contributed by atoms with Crippen molar-refractivity contribution in [2.75, 3.05) is 0 Å². The van der Waals surface area contributed by atoms with Gasteiger partial charge in [-0.05, 0) is 13.3 Å². The quantitative estimate of drug-likeness (QED) is 0.685. The lowest BCUT2D eigenvalue weighted by Crippen LogP contribution is -2.10. The highest BCUT2D eigenvalue weighted by Crippen LogP contribution is 2.26. The summed E-state index contributed by atoms with van der Waals surface area (Å²) in [5, 5.41) is 8.75. The van der Waals surface area contributed by atoms with Crippen molar-refractivity contribution in [3.63, 3.8) is 0 Å². The number of aliphatic hydroxyl groups is 1. The third-order valence-corrected chi connectivity index (χ3v) is 1.31. The van der Waals surface area contributed by atoms with Crippen molar-refractivity contribution in [3.8, 4) is 0 Å². The summed E-state index contributed by atoms with van der Waals surface area (Å²) >= 11 is 0. The number of hydrogen-bond donors (Lipinski definition) is 1. The molecule has 0 radical (unpaired) electrons. The van der Waals surface area contributed by atoms with E-state index >= 15 is 0 Å². The smallest absolute Gasteiger partial charge is 0.389 e. The van der Waals surface area contributed by atoms with Crippen molar-refractivity contribution < 1.29 is 18.3 Å². The molecular formula is C9H13F3O. The van der Waals surface area contributed by atoms with Crippen molar-refractivity contribution in [1.29, 1.82) is 0 Å². The summed E-state index contributed by atoms with van der Waals surface area (Å²) in [4.78, 5) is 0. The highest BCUT2D eigenvalue weighted by Gasteiger charge is 2.31. The summed E-state index contributed by atoms with van der Waals surface area (Å²) in [5.74, 6) is 0. The molecule has 1 unspecified atom stereocenters. The molecule has 13 heavy (non-hydrogen) atoms. The van der Waals surface area contributed by atoms with Gasteiger partial charge in [0, 0.05) is 0 Å². The highest BCUT2D eigenvalue weighted by molar-refractivity contribution is 5.24. The monoisotopic (exact) mass is 194 g/mol. The third-order valence-electron chi connectivity index (χ3n) is 1.31. The Morgan fingerprint density at radius 1 is 1.46 bits per heavy atom. The molecule has 0 amide bonds. The first kappa shape index (κ1) is 12.2. The maximum atomic E-state index is 12.2. The molecule has 1 nitrogen and oxygen atoms in total. The molecule has 0 aromatic rings. The topological polar surface area (TPSA) is 20.2 Å². The zero-order valence-corrected chi connectivity index (χ0v) is 7.60. The molecule has 0 aliphatic heterocycles. The molecule has 1 atom stereocenters. The summed E-state index contributed by atoms with van der Waals surface area (Å²) in [6, 6.07) is 0. The second-order valence-corrected chi connectivity index (χ2v) is 2.67. The average molecular weight is 194 g/mol. The Balaban J connectivity index is 4.56. The molecule has 0 aliphatic rings. The highest BCUT2D eigenvalue weighted by atomic mass is 19.4. The van der Waals surface area contributed by atoms with Crippen LogP contribution in [0, 0.1) is 0 Å². The minimum Gasteiger partial charge on any atom is -0.389 e. The molecular weight excluding hydrogens is 181 g/mol. The Bertz CT molecular complexity index is 201. The Morgan fingerprint density at radius 2 is 2.00 bits per heavy atom. The Morgan fingerprint density at radius 3 is 2.31 bits per heavy atom. The van der Waals surface area contributed by atoms with E-state index in [1.165, 1.54) is 6.92 Å². The predicted octanol–water partition coefficient (Wildman–Crippen LogP) is 2.82. The lowest BCUT2D eigenvalue weighted by Gasteiger charge is -2.07.